The molecule has 7 nitrogen and oxygen atoms in total. The zero-order chi connectivity index (χ0) is 16.1. The van der Waals surface area contributed by atoms with Crippen LogP contribution in [0.25, 0.3) is 0 Å². The van der Waals surface area contributed by atoms with E-state index in [-0.39, 0.29) is 11.8 Å². The molecule has 0 aromatic carbocycles. The minimum atomic E-state index is 0.0451. The minimum Gasteiger partial charge on any atom is -0.361 e. The van der Waals surface area contributed by atoms with Crippen LogP contribution in [0.15, 0.2) is 16.8 Å². The van der Waals surface area contributed by atoms with E-state index in [1.807, 2.05) is 17.8 Å². The summed E-state index contributed by atoms with van der Waals surface area (Å²) in [5, 5.41) is 8.56. The van der Waals surface area contributed by atoms with Gasteiger partial charge in [-0.05, 0) is 14.0 Å². The molecule has 0 spiro atoms. The van der Waals surface area contributed by atoms with Crippen LogP contribution in [0.4, 0.5) is 0 Å². The largest absolute Gasteiger partial charge is 0.361 e. The van der Waals surface area contributed by atoms with Crippen molar-refractivity contribution in [1.82, 2.24) is 24.7 Å². The molecule has 2 atom stereocenters. The first-order chi connectivity index (χ1) is 11.0. The third kappa shape index (κ3) is 2.26. The van der Waals surface area contributed by atoms with Crippen LogP contribution in [0.1, 0.15) is 40.3 Å². The third-order valence-electron chi connectivity index (χ3n) is 5.08. The molecule has 0 bridgehead atoms. The quantitative estimate of drug-likeness (QED) is 0.789. The molecule has 2 aliphatic rings. The molecule has 0 N–H and O–H groups in total. The fourth-order valence-corrected chi connectivity index (χ4v) is 3.57. The molecule has 23 heavy (non-hydrogen) atoms. The first-order valence-corrected chi connectivity index (χ1v) is 7.99. The Morgan fingerprint density at radius 2 is 2.13 bits per heavy atom. The van der Waals surface area contributed by atoms with Gasteiger partial charge >= 0.3 is 0 Å². The molecule has 0 unspecified atom stereocenters. The third-order valence-corrected chi connectivity index (χ3v) is 5.08. The summed E-state index contributed by atoms with van der Waals surface area (Å²) >= 11 is 0. The van der Waals surface area contributed by atoms with Crippen LogP contribution in [-0.2, 0) is 19.5 Å². The number of hydrogen-bond donors (Lipinski definition) is 0. The fourth-order valence-electron chi connectivity index (χ4n) is 3.57. The molecule has 2 aliphatic heterocycles. The topological polar surface area (TPSA) is 67.4 Å². The highest BCUT2D eigenvalue weighted by atomic mass is 16.5. The van der Waals surface area contributed by atoms with Gasteiger partial charge in [0.25, 0.3) is 5.91 Å². The number of amides is 1. The summed E-state index contributed by atoms with van der Waals surface area (Å²) < 4.78 is 7.21. The van der Waals surface area contributed by atoms with Crippen molar-refractivity contribution >= 4 is 5.91 Å². The molecule has 0 saturated heterocycles. The zero-order valence-corrected chi connectivity index (χ0v) is 13.7. The van der Waals surface area contributed by atoms with Crippen molar-refractivity contribution in [2.24, 2.45) is 0 Å². The van der Waals surface area contributed by atoms with E-state index >= 15 is 0 Å². The molecule has 7 heteroatoms. The van der Waals surface area contributed by atoms with E-state index in [4.69, 9.17) is 9.62 Å². The number of carbonyl (C=O) groups is 1. The number of carbonyl (C=O) groups excluding carboxylic acids is 1. The maximum atomic E-state index is 12.9. The van der Waals surface area contributed by atoms with E-state index in [1.165, 1.54) is 0 Å². The monoisotopic (exact) mass is 315 g/mol. The van der Waals surface area contributed by atoms with Crippen molar-refractivity contribution in [3.8, 4) is 0 Å². The first-order valence-electron chi connectivity index (χ1n) is 7.99. The Hall–Kier alpha value is -2.15. The molecule has 1 amide bonds. The SMILES string of the molecule is C[C@@H]1Cc2nn3c(c2CN1C)C(=O)N(C)C[C@H](c1ccno1)C3. The van der Waals surface area contributed by atoms with Gasteiger partial charge in [-0.15, -0.1) is 0 Å². The van der Waals surface area contributed by atoms with Crippen LogP contribution in [-0.4, -0.2) is 57.3 Å². The van der Waals surface area contributed by atoms with E-state index in [1.54, 1.807) is 11.1 Å². The molecule has 0 radical (unpaired) electrons. The Morgan fingerprint density at radius 1 is 1.30 bits per heavy atom. The average molecular weight is 315 g/mol. The predicted molar refractivity (Wildman–Crippen MR) is 83.1 cm³/mol. The summed E-state index contributed by atoms with van der Waals surface area (Å²) in [6.45, 7) is 4.22. The molecule has 0 aliphatic carbocycles. The zero-order valence-electron chi connectivity index (χ0n) is 13.7. The summed E-state index contributed by atoms with van der Waals surface area (Å²) in [4.78, 5) is 16.9. The Kier molecular flexibility index (Phi) is 3.26. The Labute approximate surface area is 134 Å². The summed E-state index contributed by atoms with van der Waals surface area (Å²) in [5.41, 5.74) is 2.88. The molecular formula is C16H21N5O2. The Morgan fingerprint density at radius 3 is 2.87 bits per heavy atom. The van der Waals surface area contributed by atoms with Gasteiger partial charge in [0.05, 0.1) is 24.4 Å². The molecule has 4 heterocycles. The number of aromatic nitrogens is 3. The highest BCUT2D eigenvalue weighted by Gasteiger charge is 2.35. The minimum absolute atomic E-state index is 0.0451. The molecule has 0 saturated carbocycles. The van der Waals surface area contributed by atoms with Crippen molar-refractivity contribution in [1.29, 1.82) is 0 Å². The number of fused-ring (bicyclic) bond motifs is 3. The molecule has 2 aromatic rings. The number of hydrogen-bond acceptors (Lipinski definition) is 5. The van der Waals surface area contributed by atoms with Gasteiger partial charge in [-0.25, -0.2) is 0 Å². The van der Waals surface area contributed by atoms with Crippen LogP contribution in [0.2, 0.25) is 0 Å². The van der Waals surface area contributed by atoms with E-state index in [2.05, 4.69) is 24.0 Å². The number of nitrogens with zero attached hydrogens (tertiary/aromatic N) is 5. The molecule has 2 aromatic heterocycles. The van der Waals surface area contributed by atoms with Crippen LogP contribution < -0.4 is 0 Å². The fraction of sp³-hybridized carbons (Fsp3) is 0.562. The second-order valence-electron chi connectivity index (χ2n) is 6.72. The van der Waals surface area contributed by atoms with Gasteiger partial charge in [0, 0.05) is 44.2 Å². The highest BCUT2D eigenvalue weighted by Crippen LogP contribution is 2.30. The van der Waals surface area contributed by atoms with Crippen molar-refractivity contribution in [2.45, 2.75) is 38.4 Å². The van der Waals surface area contributed by atoms with Crippen LogP contribution in [0.5, 0.6) is 0 Å². The Balaban J connectivity index is 1.78. The second kappa shape index (κ2) is 5.19. The van der Waals surface area contributed by atoms with Gasteiger partial charge in [-0.1, -0.05) is 5.16 Å². The van der Waals surface area contributed by atoms with Gasteiger partial charge in [0.2, 0.25) is 0 Å². The van der Waals surface area contributed by atoms with Crippen LogP contribution in [0.3, 0.4) is 0 Å². The van der Waals surface area contributed by atoms with E-state index in [0.717, 1.165) is 35.7 Å². The van der Waals surface area contributed by atoms with Gasteiger partial charge in [-0.2, -0.15) is 5.10 Å². The molecule has 122 valence electrons. The lowest BCUT2D eigenvalue weighted by atomic mass is 10.00. The number of likely N-dealkylation sites (N-methyl/N-ethyl adjacent to an activating group) is 2. The second-order valence-corrected chi connectivity index (χ2v) is 6.72. The molecule has 0 fully saturated rings. The lowest BCUT2D eigenvalue weighted by molar-refractivity contribution is 0.0785. The standard InChI is InChI=1S/C16H21N5O2/c1-10-6-13-12(9-19(10)2)15-16(22)20(3)7-11(8-21(15)18-13)14-4-5-17-23-14/h4-5,10-11H,6-9H2,1-3H3/t10-,11+/m1/s1. The maximum Gasteiger partial charge on any atom is 0.272 e. The summed E-state index contributed by atoms with van der Waals surface area (Å²) in [6.07, 6.45) is 2.53. The molecular weight excluding hydrogens is 294 g/mol. The lowest BCUT2D eigenvalue weighted by Crippen LogP contribution is -2.36. The maximum absolute atomic E-state index is 12.9. The average Bonchev–Trinajstić information content (AvgIpc) is 3.12. The van der Waals surface area contributed by atoms with E-state index in [0.29, 0.717) is 19.1 Å². The normalized spacial score (nSPS) is 25.2. The van der Waals surface area contributed by atoms with Gasteiger partial charge in [0.1, 0.15) is 11.5 Å². The summed E-state index contributed by atoms with van der Waals surface area (Å²) in [7, 11) is 3.94. The smallest absolute Gasteiger partial charge is 0.272 e. The van der Waals surface area contributed by atoms with Gasteiger partial charge < -0.3 is 9.42 Å². The highest BCUT2D eigenvalue weighted by molar-refractivity contribution is 5.94. The van der Waals surface area contributed by atoms with Gasteiger partial charge in [-0.3, -0.25) is 14.4 Å². The van der Waals surface area contributed by atoms with E-state index in [9.17, 15) is 4.79 Å². The lowest BCUT2D eigenvalue weighted by Gasteiger charge is -2.29. The predicted octanol–water partition coefficient (Wildman–Crippen LogP) is 1.12. The van der Waals surface area contributed by atoms with Crippen molar-refractivity contribution in [3.05, 3.63) is 35.0 Å². The van der Waals surface area contributed by atoms with Crippen LogP contribution in [0, 0.1) is 0 Å². The van der Waals surface area contributed by atoms with Crippen molar-refractivity contribution < 1.29 is 9.32 Å². The van der Waals surface area contributed by atoms with Crippen LogP contribution >= 0.6 is 0 Å². The molecule has 4 rings (SSSR count). The van der Waals surface area contributed by atoms with Crippen molar-refractivity contribution in [3.63, 3.8) is 0 Å². The first kappa shape index (κ1) is 14.4. The Bertz CT molecular complexity index is 736. The summed E-state index contributed by atoms with van der Waals surface area (Å²) in [6, 6.07) is 2.31. The number of rotatable bonds is 1. The van der Waals surface area contributed by atoms with Crippen molar-refractivity contribution in [2.75, 3.05) is 20.6 Å². The van der Waals surface area contributed by atoms with Gasteiger partial charge in [0.15, 0.2) is 0 Å². The van der Waals surface area contributed by atoms with E-state index < -0.39 is 0 Å². The summed E-state index contributed by atoms with van der Waals surface area (Å²) in [5.74, 6) is 0.921.